The lowest BCUT2D eigenvalue weighted by molar-refractivity contribution is 0.325. The minimum atomic E-state index is -3.62. The first-order chi connectivity index (χ1) is 6.04. The summed E-state index contributed by atoms with van der Waals surface area (Å²) in [7, 11) is -3.62. The van der Waals surface area contributed by atoms with E-state index in [1.54, 1.807) is 0 Å². The maximum atomic E-state index is 10.8. The second kappa shape index (κ2) is 3.73. The number of aliphatic hydroxyl groups excluding tert-OH is 1. The Morgan fingerprint density at radius 1 is 1.31 bits per heavy atom. The van der Waals surface area contributed by atoms with E-state index in [9.17, 15) is 8.42 Å². The smallest absolute Gasteiger partial charge is 0.238 e. The van der Waals surface area contributed by atoms with Gasteiger partial charge in [-0.05, 0) is 24.3 Å². The van der Waals surface area contributed by atoms with Crippen LogP contribution in [0.2, 0.25) is 0 Å². The average Bonchev–Trinajstić information content (AvgIpc) is 2.04. The lowest BCUT2D eigenvalue weighted by Gasteiger charge is -2.02. The Morgan fingerprint density at radius 3 is 2.23 bits per heavy atom. The predicted octanol–water partition coefficient (Wildman–Crippen LogP) is -0.304. The molecule has 4 N–H and O–H groups in total. The molecule has 0 aliphatic carbocycles. The minimum Gasteiger partial charge on any atom is -0.377 e. The molecule has 1 aromatic carbocycles. The van der Waals surface area contributed by atoms with Gasteiger partial charge in [-0.1, -0.05) is 0 Å². The third kappa shape index (κ3) is 2.69. The zero-order chi connectivity index (χ0) is 9.90. The molecule has 0 radical (unpaired) electrons. The lowest BCUT2D eigenvalue weighted by Crippen LogP contribution is -2.12. The van der Waals surface area contributed by atoms with Gasteiger partial charge in [0.05, 0.1) is 4.90 Å². The van der Waals surface area contributed by atoms with Crippen molar-refractivity contribution in [2.75, 3.05) is 12.0 Å². The van der Waals surface area contributed by atoms with Crippen molar-refractivity contribution in [3.8, 4) is 0 Å². The minimum absolute atomic E-state index is 0.0518. The molecule has 0 aromatic heterocycles. The number of hydrogen-bond acceptors (Lipinski definition) is 4. The average molecular weight is 202 g/mol. The largest absolute Gasteiger partial charge is 0.377 e. The van der Waals surface area contributed by atoms with Gasteiger partial charge in [0.25, 0.3) is 0 Å². The number of nitrogens with one attached hydrogen (secondary N) is 1. The molecule has 1 aromatic rings. The van der Waals surface area contributed by atoms with E-state index in [1.807, 2.05) is 0 Å². The van der Waals surface area contributed by atoms with Crippen LogP contribution >= 0.6 is 0 Å². The summed E-state index contributed by atoms with van der Waals surface area (Å²) in [5.41, 5.74) is 0.634. The quantitative estimate of drug-likeness (QED) is 0.586. The van der Waals surface area contributed by atoms with Gasteiger partial charge in [0.15, 0.2) is 0 Å². The molecular formula is C7H10N2O3S. The standard InChI is InChI=1S/C7H10N2O3S/c8-13(11,12)7-3-1-6(2-4-7)9-5-10/h1-4,9-10H,5H2,(H2,8,11,12). The molecule has 0 heterocycles. The van der Waals surface area contributed by atoms with Crippen LogP contribution in [-0.2, 0) is 10.0 Å². The molecule has 13 heavy (non-hydrogen) atoms. The molecule has 5 nitrogen and oxygen atoms in total. The number of sulfonamides is 1. The Morgan fingerprint density at radius 2 is 1.85 bits per heavy atom. The van der Waals surface area contributed by atoms with Crippen LogP contribution < -0.4 is 10.5 Å². The van der Waals surface area contributed by atoms with Crippen molar-refractivity contribution in [1.82, 2.24) is 0 Å². The summed E-state index contributed by atoms with van der Waals surface area (Å²) in [6.07, 6.45) is 0. The molecule has 0 aliphatic rings. The van der Waals surface area contributed by atoms with E-state index in [0.29, 0.717) is 5.69 Å². The van der Waals surface area contributed by atoms with E-state index in [-0.39, 0.29) is 11.6 Å². The second-order valence-corrected chi connectivity index (χ2v) is 3.97. The number of anilines is 1. The number of hydrogen-bond donors (Lipinski definition) is 3. The molecule has 0 spiro atoms. The van der Waals surface area contributed by atoms with E-state index in [1.165, 1.54) is 24.3 Å². The van der Waals surface area contributed by atoms with Gasteiger partial charge in [-0.25, -0.2) is 13.6 Å². The van der Waals surface area contributed by atoms with Crippen molar-refractivity contribution in [3.05, 3.63) is 24.3 Å². The third-order valence-corrected chi connectivity index (χ3v) is 2.40. The molecule has 0 amide bonds. The fourth-order valence-corrected chi connectivity index (χ4v) is 1.37. The van der Waals surface area contributed by atoms with E-state index >= 15 is 0 Å². The highest BCUT2D eigenvalue weighted by Crippen LogP contribution is 2.11. The van der Waals surface area contributed by atoms with Crippen molar-refractivity contribution in [2.24, 2.45) is 5.14 Å². The number of benzene rings is 1. The van der Waals surface area contributed by atoms with Crippen LogP contribution in [0.15, 0.2) is 29.2 Å². The molecule has 0 atom stereocenters. The molecule has 72 valence electrons. The number of aliphatic hydroxyl groups is 1. The SMILES string of the molecule is NS(=O)(=O)c1ccc(NCO)cc1. The first-order valence-electron chi connectivity index (χ1n) is 3.51. The number of primary sulfonamides is 1. The molecule has 6 heteroatoms. The summed E-state index contributed by atoms with van der Waals surface area (Å²) in [4.78, 5) is 0.0518. The Labute approximate surface area is 76.2 Å². The Kier molecular flexibility index (Phi) is 2.86. The van der Waals surface area contributed by atoms with Gasteiger partial charge in [-0.15, -0.1) is 0 Å². The van der Waals surface area contributed by atoms with Crippen LogP contribution in [0, 0.1) is 0 Å². The van der Waals surface area contributed by atoms with Crippen LogP contribution in [0.5, 0.6) is 0 Å². The molecule has 0 saturated carbocycles. The van der Waals surface area contributed by atoms with Crippen molar-refractivity contribution in [1.29, 1.82) is 0 Å². The number of nitrogens with two attached hydrogens (primary N) is 1. The summed E-state index contributed by atoms with van der Waals surface area (Å²) in [6, 6.07) is 5.78. The molecule has 0 aliphatic heterocycles. The highest BCUT2D eigenvalue weighted by molar-refractivity contribution is 7.89. The van der Waals surface area contributed by atoms with Crippen LogP contribution in [-0.4, -0.2) is 20.3 Å². The maximum absolute atomic E-state index is 10.8. The van der Waals surface area contributed by atoms with Crippen LogP contribution in [0.4, 0.5) is 5.69 Å². The van der Waals surface area contributed by atoms with Crippen molar-refractivity contribution >= 4 is 15.7 Å². The summed E-state index contributed by atoms with van der Waals surface area (Å²) in [5, 5.41) is 16.0. The fourth-order valence-electron chi connectivity index (χ4n) is 0.854. The monoisotopic (exact) mass is 202 g/mol. The highest BCUT2D eigenvalue weighted by Gasteiger charge is 2.05. The summed E-state index contributed by atoms with van der Waals surface area (Å²) >= 11 is 0. The topological polar surface area (TPSA) is 92.4 Å². The highest BCUT2D eigenvalue weighted by atomic mass is 32.2. The van der Waals surface area contributed by atoms with Gasteiger partial charge in [0.1, 0.15) is 6.73 Å². The molecule has 0 bridgehead atoms. The zero-order valence-electron chi connectivity index (χ0n) is 6.77. The second-order valence-electron chi connectivity index (χ2n) is 2.40. The van der Waals surface area contributed by atoms with Crippen molar-refractivity contribution in [2.45, 2.75) is 4.90 Å². The van der Waals surface area contributed by atoms with Gasteiger partial charge in [0, 0.05) is 5.69 Å². The Hall–Kier alpha value is -1.11. The van der Waals surface area contributed by atoms with Crippen LogP contribution in [0.3, 0.4) is 0 Å². The Balaban J connectivity index is 2.94. The molecule has 0 saturated heterocycles. The first kappa shape index (κ1) is 9.97. The zero-order valence-corrected chi connectivity index (χ0v) is 7.58. The van der Waals surface area contributed by atoms with Gasteiger partial charge in [-0.2, -0.15) is 0 Å². The molecule has 1 rings (SSSR count). The fraction of sp³-hybridized carbons (Fsp3) is 0.143. The van der Waals surface area contributed by atoms with E-state index in [2.05, 4.69) is 5.32 Å². The molecule has 0 fully saturated rings. The third-order valence-electron chi connectivity index (χ3n) is 1.47. The van der Waals surface area contributed by atoms with Gasteiger partial charge in [0.2, 0.25) is 10.0 Å². The predicted molar refractivity (Wildman–Crippen MR) is 48.5 cm³/mol. The van der Waals surface area contributed by atoms with E-state index in [0.717, 1.165) is 0 Å². The first-order valence-corrected chi connectivity index (χ1v) is 5.06. The van der Waals surface area contributed by atoms with Gasteiger partial charge < -0.3 is 10.4 Å². The van der Waals surface area contributed by atoms with Crippen molar-refractivity contribution < 1.29 is 13.5 Å². The summed E-state index contributed by atoms with van der Waals surface area (Å²) in [5.74, 6) is 0. The van der Waals surface area contributed by atoms with Crippen molar-refractivity contribution in [3.63, 3.8) is 0 Å². The Bertz CT molecular complexity index is 371. The molecular weight excluding hydrogens is 192 g/mol. The van der Waals surface area contributed by atoms with Gasteiger partial charge in [-0.3, -0.25) is 0 Å². The van der Waals surface area contributed by atoms with E-state index in [4.69, 9.17) is 10.2 Å². The summed E-state index contributed by atoms with van der Waals surface area (Å²) in [6.45, 7) is -0.200. The normalized spacial score (nSPS) is 11.2. The summed E-state index contributed by atoms with van der Waals surface area (Å²) < 4.78 is 21.6. The van der Waals surface area contributed by atoms with Crippen LogP contribution in [0.25, 0.3) is 0 Å². The number of rotatable bonds is 3. The maximum Gasteiger partial charge on any atom is 0.238 e. The van der Waals surface area contributed by atoms with Crippen LogP contribution in [0.1, 0.15) is 0 Å². The van der Waals surface area contributed by atoms with Gasteiger partial charge >= 0.3 is 0 Å². The molecule has 0 unspecified atom stereocenters. The van der Waals surface area contributed by atoms with E-state index < -0.39 is 10.0 Å². The lowest BCUT2D eigenvalue weighted by atomic mass is 10.3.